The molecule has 3 unspecified atom stereocenters. The van der Waals surface area contributed by atoms with Crippen molar-refractivity contribution in [1.82, 2.24) is 0 Å². The number of alkyl halides is 1. The Balaban J connectivity index is 2.74. The smallest absolute Gasteiger partial charge is 0.330 e. The first-order valence-electron chi connectivity index (χ1n) is 5.21. The van der Waals surface area contributed by atoms with Crippen LogP contribution in [0.5, 0.6) is 0 Å². The Morgan fingerprint density at radius 3 is 2.69 bits per heavy atom. The fraction of sp³-hybridized carbons (Fsp3) is 1.00. The van der Waals surface area contributed by atoms with Crippen molar-refractivity contribution in [3.05, 3.63) is 0 Å². The molecule has 0 aromatic carbocycles. The molecule has 1 aliphatic heterocycles. The Kier molecular flexibility index (Phi) is 4.95. The largest absolute Gasteiger partial charge is 0.394 e. The molecule has 0 bridgehead atoms. The van der Waals surface area contributed by atoms with Gasteiger partial charge in [0.2, 0.25) is 0 Å². The molecule has 0 radical (unpaired) electrons. The molecule has 8 heteroatoms. The predicted molar refractivity (Wildman–Crippen MR) is 59.2 cm³/mol. The van der Waals surface area contributed by atoms with Crippen molar-refractivity contribution in [2.24, 2.45) is 0 Å². The van der Waals surface area contributed by atoms with Crippen molar-refractivity contribution >= 4 is 15.4 Å². The standard InChI is InChI=1S/C8H17BFO5P/c1-3-16(12,13-2)15-7-5(4-11)14-8(9)6(7)10/h5-8,11H,3-4,9H2,1-2H3/t5-,6?,7?,8-,16?/m1/s1. The molecule has 0 aromatic heterocycles. The fourth-order valence-corrected chi connectivity index (χ4v) is 2.72. The Hall–Kier alpha value is 0.0649. The summed E-state index contributed by atoms with van der Waals surface area (Å²) >= 11 is 0. The first-order chi connectivity index (χ1) is 7.47. The Morgan fingerprint density at radius 1 is 1.62 bits per heavy atom. The lowest BCUT2D eigenvalue weighted by atomic mass is 9.94. The maximum absolute atomic E-state index is 13.7. The second-order valence-corrected chi connectivity index (χ2v) is 6.12. The Labute approximate surface area is 95.2 Å². The van der Waals surface area contributed by atoms with Crippen LogP contribution in [0.2, 0.25) is 0 Å². The van der Waals surface area contributed by atoms with Crippen LogP contribution in [0, 0.1) is 0 Å². The highest BCUT2D eigenvalue weighted by molar-refractivity contribution is 7.53. The summed E-state index contributed by atoms with van der Waals surface area (Å²) < 4.78 is 40.6. The Bertz CT molecular complexity index is 271. The lowest BCUT2D eigenvalue weighted by Gasteiger charge is -2.23. The third-order valence-electron chi connectivity index (χ3n) is 2.65. The van der Waals surface area contributed by atoms with E-state index in [9.17, 15) is 8.96 Å². The second-order valence-electron chi connectivity index (χ2n) is 3.69. The zero-order chi connectivity index (χ0) is 12.3. The average Bonchev–Trinajstić information content (AvgIpc) is 2.56. The normalized spacial score (nSPS) is 38.5. The van der Waals surface area contributed by atoms with Gasteiger partial charge in [0.1, 0.15) is 26.2 Å². The van der Waals surface area contributed by atoms with Gasteiger partial charge in [-0.2, -0.15) is 0 Å². The van der Waals surface area contributed by atoms with Crippen molar-refractivity contribution < 1.29 is 27.8 Å². The Morgan fingerprint density at radius 2 is 2.25 bits per heavy atom. The van der Waals surface area contributed by atoms with Crippen molar-refractivity contribution in [3.8, 4) is 0 Å². The van der Waals surface area contributed by atoms with Crippen molar-refractivity contribution in [2.45, 2.75) is 31.3 Å². The van der Waals surface area contributed by atoms with E-state index in [0.29, 0.717) is 0 Å². The molecule has 5 atom stereocenters. The second kappa shape index (κ2) is 5.60. The highest BCUT2D eigenvalue weighted by Gasteiger charge is 2.46. The van der Waals surface area contributed by atoms with Gasteiger partial charge in [-0.05, 0) is 0 Å². The van der Waals surface area contributed by atoms with Crippen LogP contribution in [0.1, 0.15) is 6.92 Å². The number of hydrogen-bond donors (Lipinski definition) is 1. The SMILES string of the molecule is B[C@@H]1O[C@H](CO)C(OP(=O)(CC)OC)C1F. The van der Waals surface area contributed by atoms with E-state index in [1.165, 1.54) is 7.11 Å². The first-order valence-corrected chi connectivity index (χ1v) is 6.93. The molecule has 1 rings (SSSR count). The molecule has 16 heavy (non-hydrogen) atoms. The lowest BCUT2D eigenvalue weighted by molar-refractivity contribution is -0.000845. The minimum absolute atomic E-state index is 0.152. The molecule has 1 heterocycles. The van der Waals surface area contributed by atoms with Gasteiger partial charge in [-0.3, -0.25) is 9.09 Å². The summed E-state index contributed by atoms with van der Waals surface area (Å²) in [5.74, 6) is 0. The van der Waals surface area contributed by atoms with Crippen LogP contribution in [0.4, 0.5) is 4.39 Å². The summed E-state index contributed by atoms with van der Waals surface area (Å²) in [6, 6.07) is -0.677. The van der Waals surface area contributed by atoms with Gasteiger partial charge in [0.05, 0.1) is 12.6 Å². The van der Waals surface area contributed by atoms with E-state index in [0.717, 1.165) is 0 Å². The lowest BCUT2D eigenvalue weighted by Crippen LogP contribution is -2.33. The van der Waals surface area contributed by atoms with E-state index in [2.05, 4.69) is 0 Å². The number of hydrogen-bond acceptors (Lipinski definition) is 5. The third-order valence-corrected chi connectivity index (χ3v) is 4.54. The maximum Gasteiger partial charge on any atom is 0.330 e. The van der Waals surface area contributed by atoms with E-state index in [1.54, 1.807) is 14.8 Å². The quantitative estimate of drug-likeness (QED) is 0.549. The molecule has 1 fully saturated rings. The molecule has 5 nitrogen and oxygen atoms in total. The molecule has 1 saturated heterocycles. The van der Waals surface area contributed by atoms with Crippen LogP contribution < -0.4 is 0 Å². The number of ether oxygens (including phenoxy) is 1. The third kappa shape index (κ3) is 2.84. The molecule has 0 saturated carbocycles. The monoisotopic (exact) mass is 254 g/mol. The maximum atomic E-state index is 13.7. The van der Waals surface area contributed by atoms with Gasteiger partial charge in [-0.25, -0.2) is 4.39 Å². The summed E-state index contributed by atoms with van der Waals surface area (Å²) in [4.78, 5) is 0. The molecular formula is C8H17BFO5P. The zero-order valence-electron chi connectivity index (χ0n) is 9.63. The minimum Gasteiger partial charge on any atom is -0.394 e. The van der Waals surface area contributed by atoms with Crippen LogP contribution in [-0.2, 0) is 18.3 Å². The van der Waals surface area contributed by atoms with E-state index in [1.807, 2.05) is 0 Å². The van der Waals surface area contributed by atoms with E-state index < -0.39 is 32.0 Å². The van der Waals surface area contributed by atoms with E-state index in [4.69, 9.17) is 18.9 Å². The molecular weight excluding hydrogens is 237 g/mol. The molecule has 0 aliphatic carbocycles. The van der Waals surface area contributed by atoms with Gasteiger partial charge in [0, 0.05) is 13.3 Å². The van der Waals surface area contributed by atoms with Gasteiger partial charge in [0.25, 0.3) is 0 Å². The van der Waals surface area contributed by atoms with Crippen LogP contribution in [0.15, 0.2) is 0 Å². The number of aliphatic hydroxyl groups is 1. The molecule has 0 amide bonds. The molecule has 1 aliphatic rings. The number of aliphatic hydroxyl groups excluding tert-OH is 1. The van der Waals surface area contributed by atoms with Crippen LogP contribution in [-0.4, -0.2) is 57.2 Å². The predicted octanol–water partition coefficient (Wildman–Crippen LogP) is -0.0806. The van der Waals surface area contributed by atoms with Gasteiger partial charge in [0.15, 0.2) is 0 Å². The number of halogens is 1. The molecule has 0 aromatic rings. The highest BCUT2D eigenvalue weighted by atomic mass is 31.2. The van der Waals surface area contributed by atoms with Crippen LogP contribution in [0.3, 0.4) is 0 Å². The summed E-state index contributed by atoms with van der Waals surface area (Å²) in [5, 5.41) is 9.01. The van der Waals surface area contributed by atoms with Crippen molar-refractivity contribution in [2.75, 3.05) is 19.9 Å². The summed E-state index contributed by atoms with van der Waals surface area (Å²) in [6.45, 7) is 1.26. The van der Waals surface area contributed by atoms with Gasteiger partial charge in [-0.15, -0.1) is 0 Å². The molecule has 0 spiro atoms. The minimum atomic E-state index is -3.28. The zero-order valence-corrected chi connectivity index (χ0v) is 10.5. The highest BCUT2D eigenvalue weighted by Crippen LogP contribution is 2.50. The fourth-order valence-electron chi connectivity index (χ4n) is 1.61. The van der Waals surface area contributed by atoms with Gasteiger partial charge >= 0.3 is 7.60 Å². The van der Waals surface area contributed by atoms with Crippen LogP contribution in [0.25, 0.3) is 0 Å². The van der Waals surface area contributed by atoms with Gasteiger partial charge < -0.3 is 14.4 Å². The van der Waals surface area contributed by atoms with Gasteiger partial charge in [-0.1, -0.05) is 6.92 Å². The van der Waals surface area contributed by atoms with Crippen LogP contribution >= 0.6 is 7.60 Å². The first kappa shape index (κ1) is 14.1. The summed E-state index contributed by atoms with van der Waals surface area (Å²) in [6.07, 6.45) is -3.09. The van der Waals surface area contributed by atoms with E-state index >= 15 is 0 Å². The van der Waals surface area contributed by atoms with E-state index in [-0.39, 0.29) is 12.8 Å². The van der Waals surface area contributed by atoms with Crippen molar-refractivity contribution in [3.63, 3.8) is 0 Å². The number of rotatable bonds is 5. The topological polar surface area (TPSA) is 65.0 Å². The molecule has 94 valence electrons. The average molecular weight is 254 g/mol. The summed E-state index contributed by atoms with van der Waals surface area (Å²) in [7, 11) is -0.479. The summed E-state index contributed by atoms with van der Waals surface area (Å²) in [5.41, 5.74) is 0. The molecule has 1 N–H and O–H groups in total. The van der Waals surface area contributed by atoms with Crippen molar-refractivity contribution in [1.29, 1.82) is 0 Å².